The fraction of sp³-hybridized carbons (Fsp3) is 0.562. The number of hydrogen-bond acceptors (Lipinski definition) is 2. The summed E-state index contributed by atoms with van der Waals surface area (Å²) in [5, 5.41) is 6.01. The van der Waals surface area contributed by atoms with E-state index in [4.69, 9.17) is 0 Å². The van der Waals surface area contributed by atoms with Gasteiger partial charge in [0.05, 0.1) is 0 Å². The maximum Gasteiger partial charge on any atom is 0.315 e. The second kappa shape index (κ2) is 8.20. The zero-order valence-corrected chi connectivity index (χ0v) is 13.0. The van der Waals surface area contributed by atoms with E-state index in [0.717, 1.165) is 18.6 Å². The fourth-order valence-corrected chi connectivity index (χ4v) is 3.22. The van der Waals surface area contributed by atoms with Crippen molar-refractivity contribution >= 4 is 17.8 Å². The van der Waals surface area contributed by atoms with Crippen LogP contribution in [0.15, 0.2) is 29.2 Å². The summed E-state index contributed by atoms with van der Waals surface area (Å²) in [5.74, 6) is 0.904. The second-order valence-corrected chi connectivity index (χ2v) is 6.57. The minimum atomic E-state index is -0.0126. The molecule has 20 heavy (non-hydrogen) atoms. The van der Waals surface area contributed by atoms with Crippen LogP contribution in [0.1, 0.15) is 37.7 Å². The Labute approximate surface area is 125 Å². The number of amides is 2. The Bertz CT molecular complexity index is 413. The van der Waals surface area contributed by atoms with Gasteiger partial charge in [-0.25, -0.2) is 4.79 Å². The zero-order chi connectivity index (χ0) is 14.2. The van der Waals surface area contributed by atoms with Crippen molar-refractivity contribution in [2.75, 3.05) is 12.3 Å². The normalized spacial score (nSPS) is 15.8. The Hall–Kier alpha value is -1.16. The first-order valence-corrected chi connectivity index (χ1v) is 8.46. The topological polar surface area (TPSA) is 41.1 Å². The lowest BCUT2D eigenvalue weighted by Gasteiger charge is -2.22. The molecule has 0 aromatic heterocycles. The zero-order valence-electron chi connectivity index (χ0n) is 12.2. The number of carbonyl (C=O) groups excluding carboxylic acids is 1. The van der Waals surface area contributed by atoms with Gasteiger partial charge in [0.2, 0.25) is 0 Å². The van der Waals surface area contributed by atoms with Crippen LogP contribution in [0.4, 0.5) is 4.79 Å². The second-order valence-electron chi connectivity index (χ2n) is 5.40. The van der Waals surface area contributed by atoms with Crippen LogP contribution in [-0.4, -0.2) is 24.4 Å². The molecule has 0 spiro atoms. The molecule has 0 saturated heterocycles. The van der Waals surface area contributed by atoms with E-state index in [9.17, 15) is 4.79 Å². The van der Waals surface area contributed by atoms with E-state index in [0.29, 0.717) is 12.6 Å². The van der Waals surface area contributed by atoms with Crippen molar-refractivity contribution in [1.29, 1.82) is 0 Å². The Morgan fingerprint density at radius 1 is 1.20 bits per heavy atom. The molecule has 2 N–H and O–H groups in total. The van der Waals surface area contributed by atoms with Crippen molar-refractivity contribution in [1.82, 2.24) is 10.6 Å². The standard InChI is InChI=1S/C16H24N2OS/c1-13-7-9-15(10-8-13)20-12-11-17-16(19)18-14-5-3-2-4-6-14/h7-10,14H,2-6,11-12H2,1H3,(H2,17,18,19). The number of benzene rings is 1. The van der Waals surface area contributed by atoms with Crippen molar-refractivity contribution in [2.24, 2.45) is 0 Å². The minimum Gasteiger partial charge on any atom is -0.337 e. The smallest absolute Gasteiger partial charge is 0.315 e. The third-order valence-electron chi connectivity index (χ3n) is 3.62. The molecule has 2 rings (SSSR count). The van der Waals surface area contributed by atoms with Gasteiger partial charge in [0, 0.05) is 23.2 Å². The van der Waals surface area contributed by atoms with Gasteiger partial charge in [0.15, 0.2) is 0 Å². The molecular formula is C16H24N2OS. The summed E-state index contributed by atoms with van der Waals surface area (Å²) in [4.78, 5) is 13.0. The molecule has 1 aliphatic rings. The van der Waals surface area contributed by atoms with Gasteiger partial charge in [-0.1, -0.05) is 37.0 Å². The molecule has 0 bridgehead atoms. The summed E-state index contributed by atoms with van der Waals surface area (Å²) < 4.78 is 0. The maximum atomic E-state index is 11.7. The molecule has 110 valence electrons. The first-order chi connectivity index (χ1) is 9.74. The number of thioether (sulfide) groups is 1. The van der Waals surface area contributed by atoms with Crippen molar-refractivity contribution in [3.63, 3.8) is 0 Å². The van der Waals surface area contributed by atoms with E-state index in [1.165, 1.54) is 29.7 Å². The van der Waals surface area contributed by atoms with Gasteiger partial charge >= 0.3 is 6.03 Å². The van der Waals surface area contributed by atoms with Gasteiger partial charge in [-0.3, -0.25) is 0 Å². The highest BCUT2D eigenvalue weighted by molar-refractivity contribution is 7.99. The highest BCUT2D eigenvalue weighted by Crippen LogP contribution is 2.18. The third-order valence-corrected chi connectivity index (χ3v) is 4.63. The van der Waals surface area contributed by atoms with E-state index in [2.05, 4.69) is 41.8 Å². The Morgan fingerprint density at radius 2 is 1.90 bits per heavy atom. The molecule has 0 heterocycles. The quantitative estimate of drug-likeness (QED) is 0.641. The average Bonchev–Trinajstić information content (AvgIpc) is 2.46. The Balaban J connectivity index is 1.58. The number of nitrogens with one attached hydrogen (secondary N) is 2. The molecule has 1 aromatic carbocycles. The van der Waals surface area contributed by atoms with Crippen molar-refractivity contribution in [3.05, 3.63) is 29.8 Å². The van der Waals surface area contributed by atoms with E-state index in [1.807, 2.05) is 0 Å². The van der Waals surface area contributed by atoms with E-state index in [-0.39, 0.29) is 6.03 Å². The van der Waals surface area contributed by atoms with Gasteiger partial charge in [-0.2, -0.15) is 0 Å². The molecule has 0 radical (unpaired) electrons. The van der Waals surface area contributed by atoms with E-state index < -0.39 is 0 Å². The molecule has 1 aromatic rings. The largest absolute Gasteiger partial charge is 0.337 e. The lowest BCUT2D eigenvalue weighted by molar-refractivity contribution is 0.233. The summed E-state index contributed by atoms with van der Waals surface area (Å²) >= 11 is 1.77. The van der Waals surface area contributed by atoms with Crippen LogP contribution in [0.2, 0.25) is 0 Å². The van der Waals surface area contributed by atoms with Crippen LogP contribution in [-0.2, 0) is 0 Å². The SMILES string of the molecule is Cc1ccc(SCCNC(=O)NC2CCCCC2)cc1. The molecule has 0 unspecified atom stereocenters. The van der Waals surface area contributed by atoms with Crippen LogP contribution in [0.5, 0.6) is 0 Å². The van der Waals surface area contributed by atoms with Crippen LogP contribution < -0.4 is 10.6 Å². The Kier molecular flexibility index (Phi) is 6.25. The Morgan fingerprint density at radius 3 is 2.60 bits per heavy atom. The van der Waals surface area contributed by atoms with Gasteiger partial charge in [-0.05, 0) is 31.9 Å². The third kappa shape index (κ3) is 5.45. The number of carbonyl (C=O) groups is 1. The van der Waals surface area contributed by atoms with E-state index in [1.54, 1.807) is 11.8 Å². The summed E-state index contributed by atoms with van der Waals surface area (Å²) in [6.45, 7) is 2.79. The van der Waals surface area contributed by atoms with Crippen LogP contribution in [0, 0.1) is 6.92 Å². The molecular weight excluding hydrogens is 268 g/mol. The van der Waals surface area contributed by atoms with Crippen molar-refractivity contribution in [3.8, 4) is 0 Å². The maximum absolute atomic E-state index is 11.7. The van der Waals surface area contributed by atoms with Crippen molar-refractivity contribution in [2.45, 2.75) is 50.0 Å². The monoisotopic (exact) mass is 292 g/mol. The predicted molar refractivity (Wildman–Crippen MR) is 85.3 cm³/mol. The number of urea groups is 1. The van der Waals surface area contributed by atoms with Gasteiger partial charge < -0.3 is 10.6 Å². The fourth-order valence-electron chi connectivity index (χ4n) is 2.45. The summed E-state index contributed by atoms with van der Waals surface area (Å²) in [6.07, 6.45) is 6.06. The summed E-state index contributed by atoms with van der Waals surface area (Å²) in [5.41, 5.74) is 1.28. The molecule has 0 atom stereocenters. The van der Waals surface area contributed by atoms with E-state index >= 15 is 0 Å². The predicted octanol–water partition coefficient (Wildman–Crippen LogP) is 3.72. The summed E-state index contributed by atoms with van der Waals surface area (Å²) in [6, 6.07) is 8.86. The van der Waals surface area contributed by atoms with Gasteiger partial charge in [-0.15, -0.1) is 11.8 Å². The number of aryl methyl sites for hydroxylation is 1. The van der Waals surface area contributed by atoms with Gasteiger partial charge in [0.25, 0.3) is 0 Å². The van der Waals surface area contributed by atoms with Crippen LogP contribution >= 0.6 is 11.8 Å². The molecule has 0 aliphatic heterocycles. The van der Waals surface area contributed by atoms with Crippen molar-refractivity contribution < 1.29 is 4.79 Å². The molecule has 1 aliphatic carbocycles. The lowest BCUT2D eigenvalue weighted by Crippen LogP contribution is -2.43. The molecule has 2 amide bonds. The first kappa shape index (κ1) is 15.2. The van der Waals surface area contributed by atoms with Crippen LogP contribution in [0.25, 0.3) is 0 Å². The number of rotatable bonds is 5. The van der Waals surface area contributed by atoms with Crippen LogP contribution in [0.3, 0.4) is 0 Å². The first-order valence-electron chi connectivity index (χ1n) is 7.48. The highest BCUT2D eigenvalue weighted by Gasteiger charge is 2.14. The molecule has 1 fully saturated rings. The minimum absolute atomic E-state index is 0.0126. The molecule has 1 saturated carbocycles. The average molecular weight is 292 g/mol. The molecule has 3 nitrogen and oxygen atoms in total. The summed E-state index contributed by atoms with van der Waals surface area (Å²) in [7, 11) is 0. The number of hydrogen-bond donors (Lipinski definition) is 2. The molecule has 4 heteroatoms. The van der Waals surface area contributed by atoms with Gasteiger partial charge in [0.1, 0.15) is 0 Å². The lowest BCUT2D eigenvalue weighted by atomic mass is 9.96. The highest BCUT2D eigenvalue weighted by atomic mass is 32.2.